The van der Waals surface area contributed by atoms with E-state index in [1.165, 1.54) is 0 Å². The predicted octanol–water partition coefficient (Wildman–Crippen LogP) is 6.85. The van der Waals surface area contributed by atoms with Crippen LogP contribution in [0.2, 0.25) is 0 Å². The van der Waals surface area contributed by atoms with Crippen LogP contribution in [-0.4, -0.2) is 45.3 Å². The van der Waals surface area contributed by atoms with Crippen molar-refractivity contribution < 1.29 is 9.53 Å². The number of thioether (sulfide) groups is 1. The lowest BCUT2D eigenvalue weighted by Crippen LogP contribution is -2.72. The topological polar surface area (TPSA) is 53.9 Å². The minimum absolute atomic E-state index is 0.0352. The second kappa shape index (κ2) is 11.6. The van der Waals surface area contributed by atoms with E-state index in [9.17, 15) is 4.79 Å². The number of aliphatic imine (C=N–C) groups is 1. The Balaban J connectivity index is 1.33. The monoisotopic (exact) mass is 595 g/mol. The minimum Gasteiger partial charge on any atom is -0.497 e. The van der Waals surface area contributed by atoms with E-state index in [2.05, 4.69) is 92.0 Å². The number of β-lactam (4-membered cyclic amide) rings is 1. The molecule has 5 nitrogen and oxygen atoms in total. The third kappa shape index (κ3) is 5.02. The molecule has 1 N–H and O–H groups in total. The van der Waals surface area contributed by atoms with E-state index in [-0.39, 0.29) is 22.1 Å². The molecule has 0 radical (unpaired) electrons. The molecule has 2 aliphatic heterocycles. The summed E-state index contributed by atoms with van der Waals surface area (Å²) in [4.78, 5) is 20.7. The predicted molar refractivity (Wildman–Crippen MR) is 172 cm³/mol. The Kier molecular flexibility index (Phi) is 7.88. The van der Waals surface area contributed by atoms with Crippen LogP contribution in [0, 0.1) is 0 Å². The molecular formula is C35H34ClN3O2S. The number of methoxy groups -OCH3 is 1. The molecule has 214 valence electrons. The molecular weight excluding hydrogens is 562 g/mol. The van der Waals surface area contributed by atoms with E-state index in [0.717, 1.165) is 28.0 Å². The fraction of sp³-hybridized carbons (Fsp3) is 0.257. The maximum Gasteiger partial charge on any atom is 0.244 e. The molecule has 0 aromatic heterocycles. The average Bonchev–Trinajstić information content (AvgIpc) is 3.29. The molecule has 2 heterocycles. The van der Waals surface area contributed by atoms with Gasteiger partial charge in [0.1, 0.15) is 22.3 Å². The van der Waals surface area contributed by atoms with E-state index in [0.29, 0.717) is 11.7 Å². The first-order chi connectivity index (χ1) is 20.3. The van der Waals surface area contributed by atoms with Gasteiger partial charge in [0.05, 0.1) is 25.2 Å². The van der Waals surface area contributed by atoms with Crippen molar-refractivity contribution in [1.29, 1.82) is 0 Å². The highest BCUT2D eigenvalue weighted by molar-refractivity contribution is 8.01. The second-order valence-corrected chi connectivity index (χ2v) is 13.4. The van der Waals surface area contributed by atoms with E-state index in [1.54, 1.807) is 18.9 Å². The molecule has 1 amide bonds. The molecule has 3 unspecified atom stereocenters. The van der Waals surface area contributed by atoms with Gasteiger partial charge in [0.2, 0.25) is 5.91 Å². The van der Waals surface area contributed by atoms with Crippen LogP contribution in [0.1, 0.15) is 36.1 Å². The van der Waals surface area contributed by atoms with Crippen molar-refractivity contribution in [2.24, 2.45) is 4.99 Å². The van der Waals surface area contributed by atoms with Crippen LogP contribution in [0.4, 0.5) is 0 Å². The first-order valence-corrected chi connectivity index (χ1v) is 15.4. The summed E-state index contributed by atoms with van der Waals surface area (Å²) in [6.45, 7) is 4.73. The van der Waals surface area contributed by atoms with Gasteiger partial charge in [-0.3, -0.25) is 15.1 Å². The van der Waals surface area contributed by atoms with Crippen LogP contribution >= 0.6 is 23.4 Å². The van der Waals surface area contributed by atoms with Gasteiger partial charge in [-0.05, 0) is 48.2 Å². The average molecular weight is 596 g/mol. The number of fused-ring (bicyclic) bond motifs is 1. The molecule has 2 saturated heterocycles. The van der Waals surface area contributed by atoms with Crippen LogP contribution in [0.15, 0.2) is 120 Å². The molecule has 3 atom stereocenters. The smallest absolute Gasteiger partial charge is 0.244 e. The third-order valence-electron chi connectivity index (χ3n) is 8.23. The van der Waals surface area contributed by atoms with Crippen molar-refractivity contribution in [2.45, 2.75) is 48.1 Å². The number of carbonyl (C=O) groups excluding carboxylic acids is 1. The molecule has 2 aliphatic rings. The van der Waals surface area contributed by atoms with Crippen LogP contribution in [-0.2, 0) is 16.9 Å². The number of nitrogens with one attached hydrogen (secondary N) is 1. The highest BCUT2D eigenvalue weighted by Crippen LogP contribution is 2.53. The molecule has 4 aromatic carbocycles. The van der Waals surface area contributed by atoms with Crippen LogP contribution in [0.5, 0.6) is 5.75 Å². The van der Waals surface area contributed by atoms with E-state index >= 15 is 0 Å². The zero-order chi connectivity index (χ0) is 29.3. The lowest BCUT2D eigenvalue weighted by molar-refractivity contribution is -0.147. The molecule has 0 saturated carbocycles. The molecule has 0 spiro atoms. The van der Waals surface area contributed by atoms with Gasteiger partial charge in [0.15, 0.2) is 0 Å². The van der Waals surface area contributed by atoms with Crippen molar-refractivity contribution in [2.75, 3.05) is 7.11 Å². The molecule has 4 aromatic rings. The molecule has 2 fully saturated rings. The summed E-state index contributed by atoms with van der Waals surface area (Å²) < 4.78 is 4.95. The van der Waals surface area contributed by atoms with Crippen molar-refractivity contribution >= 4 is 34.4 Å². The summed E-state index contributed by atoms with van der Waals surface area (Å²) >= 11 is 8.69. The van der Waals surface area contributed by atoms with Crippen molar-refractivity contribution in [1.82, 2.24) is 10.2 Å². The van der Waals surface area contributed by atoms with Crippen molar-refractivity contribution in [3.63, 3.8) is 0 Å². The fourth-order valence-corrected chi connectivity index (χ4v) is 8.30. The van der Waals surface area contributed by atoms with Gasteiger partial charge in [-0.15, -0.1) is 11.8 Å². The number of amides is 1. The minimum atomic E-state index is -0.731. The van der Waals surface area contributed by atoms with Gasteiger partial charge in [-0.25, -0.2) is 0 Å². The first kappa shape index (κ1) is 28.5. The summed E-state index contributed by atoms with van der Waals surface area (Å²) in [6.07, 6.45) is 0. The Morgan fingerprint density at radius 3 is 1.86 bits per heavy atom. The van der Waals surface area contributed by atoms with Crippen LogP contribution in [0.25, 0.3) is 0 Å². The fourth-order valence-electron chi connectivity index (χ4n) is 6.16. The Labute approximate surface area is 257 Å². The highest BCUT2D eigenvalue weighted by Gasteiger charge is 2.64. The number of carbonyl (C=O) groups is 1. The zero-order valence-electron chi connectivity index (χ0n) is 23.9. The number of hydrogen-bond acceptors (Lipinski definition) is 5. The largest absolute Gasteiger partial charge is 0.497 e. The van der Waals surface area contributed by atoms with E-state index in [1.807, 2.05) is 47.4 Å². The highest BCUT2D eigenvalue weighted by atomic mass is 35.5. The van der Waals surface area contributed by atoms with Gasteiger partial charge in [-0.1, -0.05) is 115 Å². The van der Waals surface area contributed by atoms with Gasteiger partial charge in [0, 0.05) is 4.75 Å². The Bertz CT molecular complexity index is 1470. The number of benzene rings is 4. The zero-order valence-corrected chi connectivity index (χ0v) is 25.5. The normalized spacial score (nSPS) is 21.5. The number of rotatable bonds is 9. The van der Waals surface area contributed by atoms with E-state index in [4.69, 9.17) is 21.3 Å². The summed E-state index contributed by atoms with van der Waals surface area (Å²) in [5.74, 6) is 0.834. The Hall–Kier alpha value is -3.58. The first-order valence-electron chi connectivity index (χ1n) is 14.1. The van der Waals surface area contributed by atoms with Gasteiger partial charge < -0.3 is 9.64 Å². The lowest BCUT2D eigenvalue weighted by Gasteiger charge is -2.49. The summed E-state index contributed by atoms with van der Waals surface area (Å²) in [6, 6.07) is 38.2. The molecule has 42 heavy (non-hydrogen) atoms. The van der Waals surface area contributed by atoms with Crippen LogP contribution in [0.3, 0.4) is 0 Å². The van der Waals surface area contributed by atoms with Crippen molar-refractivity contribution in [3.8, 4) is 5.75 Å². The standard InChI is InChI=1S/C35H34ClN3O2S/c1-34(2)30(31(36)37-23-24-19-21-28(41-3)22-20-24)39-32(40)29(33(39)42-34)38-35(25-13-7-4-8-14-25,26-15-9-5-10-16-26)27-17-11-6-12-18-27/h4-22,29-30,33,38H,23H2,1-3H3. The Morgan fingerprint density at radius 1 is 0.881 bits per heavy atom. The SMILES string of the molecule is COc1ccc(CN=C(Cl)C2N3C(=O)C(NC(c4ccccc4)(c4ccccc4)c4ccccc4)C3SC2(C)C)cc1. The molecule has 0 aliphatic carbocycles. The summed E-state index contributed by atoms with van der Waals surface area (Å²) in [5.41, 5.74) is 3.53. The molecule has 0 bridgehead atoms. The number of halogens is 1. The van der Waals surface area contributed by atoms with Crippen molar-refractivity contribution in [3.05, 3.63) is 138 Å². The second-order valence-electron chi connectivity index (χ2n) is 11.2. The maximum absolute atomic E-state index is 14.1. The Morgan fingerprint density at radius 2 is 1.38 bits per heavy atom. The lowest BCUT2D eigenvalue weighted by atomic mass is 9.76. The summed E-state index contributed by atoms with van der Waals surface area (Å²) in [7, 11) is 1.65. The number of hydrogen-bond donors (Lipinski definition) is 1. The molecule has 7 heteroatoms. The quantitative estimate of drug-likeness (QED) is 0.131. The van der Waals surface area contributed by atoms with Gasteiger partial charge >= 0.3 is 0 Å². The number of ether oxygens (including phenoxy) is 1. The van der Waals surface area contributed by atoms with Gasteiger partial charge in [-0.2, -0.15) is 0 Å². The maximum atomic E-state index is 14.1. The van der Waals surface area contributed by atoms with E-state index < -0.39 is 11.6 Å². The number of nitrogens with zero attached hydrogens (tertiary/aromatic N) is 2. The van der Waals surface area contributed by atoms with Gasteiger partial charge in [0.25, 0.3) is 0 Å². The summed E-state index contributed by atoms with van der Waals surface area (Å²) in [5, 5.41) is 4.27. The third-order valence-corrected chi connectivity index (χ3v) is 10.1. The molecule has 6 rings (SSSR count). The van der Waals surface area contributed by atoms with Crippen LogP contribution < -0.4 is 10.1 Å².